The number of benzene rings is 1. The van der Waals surface area contributed by atoms with E-state index in [4.69, 9.17) is 4.42 Å². The van der Waals surface area contributed by atoms with Crippen molar-refractivity contribution in [2.75, 3.05) is 11.9 Å². The van der Waals surface area contributed by atoms with Crippen LogP contribution in [0.3, 0.4) is 0 Å². The maximum atomic E-state index is 14.1. The second-order valence-corrected chi connectivity index (χ2v) is 6.64. The molecule has 5 rings (SSSR count). The number of aromatic nitrogens is 3. The number of anilines is 1. The molecule has 1 aliphatic heterocycles. The van der Waals surface area contributed by atoms with Crippen LogP contribution >= 0.6 is 0 Å². The number of carbonyl (C=O) groups excluding carboxylic acids is 1. The molecular weight excluding hydrogens is 349 g/mol. The molecule has 0 saturated carbocycles. The van der Waals surface area contributed by atoms with E-state index in [-0.39, 0.29) is 17.8 Å². The lowest BCUT2D eigenvalue weighted by molar-refractivity contribution is 0.0955. The average Bonchev–Trinajstić information content (AvgIpc) is 3.23. The van der Waals surface area contributed by atoms with E-state index < -0.39 is 0 Å². The van der Waals surface area contributed by atoms with Crippen LogP contribution in [0.25, 0.3) is 16.6 Å². The Balaban J connectivity index is 1.68. The third kappa shape index (κ3) is 2.61. The lowest BCUT2D eigenvalue weighted by Gasteiger charge is -2.16. The van der Waals surface area contributed by atoms with Gasteiger partial charge in [-0.2, -0.15) is 5.10 Å². The van der Waals surface area contributed by atoms with Crippen LogP contribution in [0.2, 0.25) is 0 Å². The third-order valence-corrected chi connectivity index (χ3v) is 4.76. The van der Waals surface area contributed by atoms with Crippen molar-refractivity contribution in [1.29, 1.82) is 0 Å². The number of rotatable bonds is 0. The average molecular weight is 365 g/mol. The van der Waals surface area contributed by atoms with Crippen LogP contribution in [-0.2, 0) is 6.42 Å². The van der Waals surface area contributed by atoms with Gasteiger partial charge in [0.15, 0.2) is 5.65 Å². The van der Waals surface area contributed by atoms with Gasteiger partial charge in [0.2, 0.25) is 0 Å². The van der Waals surface area contributed by atoms with E-state index in [9.17, 15) is 9.18 Å². The quantitative estimate of drug-likeness (QED) is 0.500. The molecule has 0 fully saturated rings. The number of amides is 1. The molecule has 3 aromatic heterocycles. The first kappa shape index (κ1) is 15.8. The van der Waals surface area contributed by atoms with Gasteiger partial charge in [0.05, 0.1) is 12.2 Å². The molecule has 4 aromatic rings. The number of hydrogen-bond donors (Lipinski definition) is 2. The first-order valence-corrected chi connectivity index (χ1v) is 8.69. The Morgan fingerprint density at radius 1 is 1.33 bits per heavy atom. The SMILES string of the molecule is C[C@H]1Nc2ccn3ncc(c3n2)C(=O)NCCc2cc3cc(F)cc1c3o2. The smallest absolute Gasteiger partial charge is 0.256 e. The summed E-state index contributed by atoms with van der Waals surface area (Å²) in [5.74, 6) is 0.684. The van der Waals surface area contributed by atoms with Crippen LogP contribution < -0.4 is 10.6 Å². The topological polar surface area (TPSA) is 84.5 Å². The van der Waals surface area contributed by atoms with Gasteiger partial charge in [0.25, 0.3) is 5.91 Å². The van der Waals surface area contributed by atoms with Crippen molar-refractivity contribution in [3.8, 4) is 0 Å². The van der Waals surface area contributed by atoms with E-state index in [2.05, 4.69) is 20.7 Å². The number of nitrogens with one attached hydrogen (secondary N) is 2. The molecule has 4 heterocycles. The molecule has 0 saturated heterocycles. The summed E-state index contributed by atoms with van der Waals surface area (Å²) >= 11 is 0. The first-order chi connectivity index (χ1) is 13.1. The largest absolute Gasteiger partial charge is 0.461 e. The maximum absolute atomic E-state index is 14.1. The molecule has 1 amide bonds. The van der Waals surface area contributed by atoms with Gasteiger partial charge in [-0.1, -0.05) is 0 Å². The molecule has 8 heteroatoms. The van der Waals surface area contributed by atoms with Gasteiger partial charge >= 0.3 is 0 Å². The highest BCUT2D eigenvalue weighted by Gasteiger charge is 2.19. The molecule has 1 atom stereocenters. The molecule has 4 bridgehead atoms. The third-order valence-electron chi connectivity index (χ3n) is 4.76. The fraction of sp³-hybridized carbons (Fsp3) is 0.211. The van der Waals surface area contributed by atoms with Gasteiger partial charge < -0.3 is 15.1 Å². The van der Waals surface area contributed by atoms with Crippen molar-refractivity contribution in [2.24, 2.45) is 0 Å². The summed E-state index contributed by atoms with van der Waals surface area (Å²) in [6.45, 7) is 2.31. The minimum Gasteiger partial charge on any atom is -0.461 e. The van der Waals surface area contributed by atoms with Crippen molar-refractivity contribution in [1.82, 2.24) is 19.9 Å². The Morgan fingerprint density at radius 3 is 3.11 bits per heavy atom. The molecule has 1 aliphatic rings. The highest BCUT2D eigenvalue weighted by atomic mass is 19.1. The Hall–Kier alpha value is -3.42. The molecule has 0 spiro atoms. The van der Waals surface area contributed by atoms with Crippen molar-refractivity contribution in [2.45, 2.75) is 19.4 Å². The summed E-state index contributed by atoms with van der Waals surface area (Å²) in [6.07, 6.45) is 3.73. The molecule has 27 heavy (non-hydrogen) atoms. The van der Waals surface area contributed by atoms with E-state index in [0.717, 1.165) is 0 Å². The fourth-order valence-corrected chi connectivity index (χ4v) is 3.44. The van der Waals surface area contributed by atoms with Gasteiger partial charge in [0, 0.05) is 30.1 Å². The van der Waals surface area contributed by atoms with Gasteiger partial charge in [-0.15, -0.1) is 0 Å². The molecule has 2 N–H and O–H groups in total. The molecular formula is C19H16FN5O2. The van der Waals surface area contributed by atoms with Crippen LogP contribution in [0, 0.1) is 5.82 Å². The minimum atomic E-state index is -0.322. The monoisotopic (exact) mass is 365 g/mol. The van der Waals surface area contributed by atoms with Crippen molar-refractivity contribution >= 4 is 28.3 Å². The first-order valence-electron chi connectivity index (χ1n) is 8.69. The van der Waals surface area contributed by atoms with Gasteiger partial charge in [-0.3, -0.25) is 4.79 Å². The minimum absolute atomic E-state index is 0.248. The Labute approximate surface area is 153 Å². The fourth-order valence-electron chi connectivity index (χ4n) is 3.44. The van der Waals surface area contributed by atoms with E-state index in [1.54, 1.807) is 16.8 Å². The van der Waals surface area contributed by atoms with Crippen LogP contribution in [0.1, 0.15) is 34.6 Å². The van der Waals surface area contributed by atoms with Crippen LogP contribution in [0.5, 0.6) is 0 Å². The second-order valence-electron chi connectivity index (χ2n) is 6.64. The maximum Gasteiger partial charge on any atom is 0.256 e. The lowest BCUT2D eigenvalue weighted by atomic mass is 10.1. The molecule has 7 nitrogen and oxygen atoms in total. The van der Waals surface area contributed by atoms with Crippen molar-refractivity contribution in [3.05, 3.63) is 59.4 Å². The second kappa shape index (κ2) is 5.80. The van der Waals surface area contributed by atoms with Crippen LogP contribution in [-0.4, -0.2) is 27.0 Å². The molecule has 0 unspecified atom stereocenters. The Bertz CT molecular complexity index is 1200. The molecule has 0 aliphatic carbocycles. The van der Waals surface area contributed by atoms with Gasteiger partial charge in [-0.05, 0) is 31.2 Å². The molecule has 0 radical (unpaired) electrons. The number of nitrogens with zero attached hydrogens (tertiary/aromatic N) is 3. The highest BCUT2D eigenvalue weighted by Crippen LogP contribution is 2.30. The summed E-state index contributed by atoms with van der Waals surface area (Å²) in [7, 11) is 0. The Kier molecular flexibility index (Phi) is 3.40. The van der Waals surface area contributed by atoms with Crippen molar-refractivity contribution in [3.63, 3.8) is 0 Å². The van der Waals surface area contributed by atoms with E-state index in [1.165, 1.54) is 18.3 Å². The summed E-state index contributed by atoms with van der Waals surface area (Å²) in [5, 5.41) is 11.0. The Morgan fingerprint density at radius 2 is 2.22 bits per heavy atom. The summed E-state index contributed by atoms with van der Waals surface area (Å²) in [6, 6.07) is 6.26. The summed E-state index contributed by atoms with van der Waals surface area (Å²) < 4.78 is 21.6. The number of hydrogen-bond acceptors (Lipinski definition) is 5. The van der Waals surface area contributed by atoms with Crippen molar-refractivity contribution < 1.29 is 13.6 Å². The predicted molar refractivity (Wildman–Crippen MR) is 97.2 cm³/mol. The van der Waals surface area contributed by atoms with Crippen LogP contribution in [0.15, 0.2) is 41.1 Å². The summed E-state index contributed by atoms with van der Waals surface area (Å²) in [4.78, 5) is 17.0. The van der Waals surface area contributed by atoms with Gasteiger partial charge in [0.1, 0.15) is 28.5 Å². The zero-order valence-electron chi connectivity index (χ0n) is 14.5. The van der Waals surface area contributed by atoms with Gasteiger partial charge in [-0.25, -0.2) is 13.9 Å². The molecule has 136 valence electrons. The summed E-state index contributed by atoms with van der Waals surface area (Å²) in [5.41, 5.74) is 2.22. The van der Waals surface area contributed by atoms with E-state index >= 15 is 0 Å². The molecule has 1 aromatic carbocycles. The zero-order chi connectivity index (χ0) is 18.5. The number of furan rings is 1. The number of halogens is 1. The highest BCUT2D eigenvalue weighted by molar-refractivity contribution is 5.99. The number of fused-ring (bicyclic) bond motifs is 2. The normalized spacial score (nSPS) is 17.3. The predicted octanol–water partition coefficient (Wildman–Crippen LogP) is 3.07. The standard InChI is InChI=1S/C19H16FN5O2/c1-10-14-8-12(20)6-11-7-13(27-17(11)14)2-4-21-19(26)15-9-22-25-5-3-16(23-10)24-18(15)25/h3,5-10H,2,4H2,1H3,(H,21,26)(H,23,24)/t10-/m1/s1. The zero-order valence-corrected chi connectivity index (χ0v) is 14.5. The van der Waals surface area contributed by atoms with Crippen LogP contribution in [0.4, 0.5) is 10.2 Å². The lowest BCUT2D eigenvalue weighted by Crippen LogP contribution is -2.25. The van der Waals surface area contributed by atoms with E-state index in [1.807, 2.05) is 13.0 Å². The number of carbonyl (C=O) groups is 1. The van der Waals surface area contributed by atoms with E-state index in [0.29, 0.717) is 52.3 Å².